The molecule has 0 saturated carbocycles. The lowest BCUT2D eigenvalue weighted by Gasteiger charge is -2.05. The molecule has 0 radical (unpaired) electrons. The summed E-state index contributed by atoms with van der Waals surface area (Å²) in [6.07, 6.45) is -4.31. The minimum atomic E-state index is -4.31. The number of hydrogen-bond acceptors (Lipinski definition) is 4. The molecule has 1 heterocycles. The van der Waals surface area contributed by atoms with Crippen molar-refractivity contribution >= 4 is 24.0 Å². The molecule has 0 aliphatic heterocycles. The van der Waals surface area contributed by atoms with Gasteiger partial charge in [0, 0.05) is 5.56 Å². The average molecular weight is 262 g/mol. The van der Waals surface area contributed by atoms with E-state index >= 15 is 0 Å². The van der Waals surface area contributed by atoms with E-state index in [2.05, 4.69) is 22.8 Å². The van der Waals surface area contributed by atoms with E-state index in [1.54, 1.807) is 0 Å². The molecule has 0 saturated heterocycles. The first-order chi connectivity index (χ1) is 7.47. The Morgan fingerprint density at radius 3 is 2.12 bits per heavy atom. The number of aromatic nitrogens is 2. The summed E-state index contributed by atoms with van der Waals surface area (Å²) >= 11 is 5.20. The van der Waals surface area contributed by atoms with Crippen molar-refractivity contribution in [2.24, 2.45) is 0 Å². The fourth-order valence-electron chi connectivity index (χ4n) is 1.13. The molecule has 0 unspecified atom stereocenters. The summed E-state index contributed by atoms with van der Waals surface area (Å²) in [4.78, 5) is 0. The zero-order valence-corrected chi connectivity index (χ0v) is 9.40. The Bertz CT molecular complexity index is 490. The first kappa shape index (κ1) is 11.4. The van der Waals surface area contributed by atoms with Gasteiger partial charge in [0.15, 0.2) is 4.34 Å². The molecular formula is C9H5F3N2S2. The normalized spacial score (nSPS) is 11.8. The van der Waals surface area contributed by atoms with Crippen LogP contribution in [-0.4, -0.2) is 10.2 Å². The maximum absolute atomic E-state index is 12.3. The Balaban J connectivity index is 2.33. The van der Waals surface area contributed by atoms with Crippen LogP contribution in [-0.2, 0) is 6.18 Å². The van der Waals surface area contributed by atoms with E-state index < -0.39 is 11.7 Å². The van der Waals surface area contributed by atoms with Crippen molar-refractivity contribution in [2.45, 2.75) is 10.5 Å². The molecule has 0 amide bonds. The van der Waals surface area contributed by atoms with Crippen LogP contribution in [0, 0.1) is 0 Å². The lowest BCUT2D eigenvalue weighted by Crippen LogP contribution is -2.03. The van der Waals surface area contributed by atoms with Gasteiger partial charge in [-0.2, -0.15) is 13.2 Å². The predicted molar refractivity (Wildman–Crippen MR) is 57.6 cm³/mol. The van der Waals surface area contributed by atoms with Gasteiger partial charge < -0.3 is 0 Å². The van der Waals surface area contributed by atoms with Crippen molar-refractivity contribution in [2.75, 3.05) is 0 Å². The quantitative estimate of drug-likeness (QED) is 0.796. The number of thiol groups is 1. The third-order valence-corrected chi connectivity index (χ3v) is 3.01. The van der Waals surface area contributed by atoms with Crippen LogP contribution < -0.4 is 0 Å². The highest BCUT2D eigenvalue weighted by atomic mass is 32.2. The van der Waals surface area contributed by atoms with Gasteiger partial charge in [0.2, 0.25) is 0 Å². The molecule has 0 atom stereocenters. The summed E-state index contributed by atoms with van der Waals surface area (Å²) in [5.41, 5.74) is -0.0716. The van der Waals surface area contributed by atoms with E-state index in [1.807, 2.05) is 0 Å². The summed E-state index contributed by atoms with van der Waals surface area (Å²) in [7, 11) is 0. The number of rotatable bonds is 1. The van der Waals surface area contributed by atoms with Crippen LogP contribution >= 0.6 is 24.0 Å². The van der Waals surface area contributed by atoms with Crippen molar-refractivity contribution < 1.29 is 13.2 Å². The highest BCUT2D eigenvalue weighted by Crippen LogP contribution is 2.31. The van der Waals surface area contributed by atoms with Crippen LogP contribution in [0.3, 0.4) is 0 Å². The van der Waals surface area contributed by atoms with Gasteiger partial charge in [0.25, 0.3) is 0 Å². The standard InChI is InChI=1S/C9H5F3N2S2/c10-9(11,12)6-3-1-5(2-4-6)7-13-14-8(15)16-7/h1-4H,(H,14,15). The van der Waals surface area contributed by atoms with Crippen LogP contribution in [0.1, 0.15) is 5.56 Å². The molecule has 0 N–H and O–H groups in total. The first-order valence-electron chi connectivity index (χ1n) is 4.17. The van der Waals surface area contributed by atoms with E-state index in [4.69, 9.17) is 0 Å². The average Bonchev–Trinajstić information content (AvgIpc) is 2.64. The zero-order chi connectivity index (χ0) is 11.8. The molecule has 0 aliphatic rings. The molecule has 0 fully saturated rings. The van der Waals surface area contributed by atoms with Crippen molar-refractivity contribution in [3.8, 4) is 10.6 Å². The van der Waals surface area contributed by atoms with Crippen LogP contribution in [0.2, 0.25) is 0 Å². The molecule has 7 heteroatoms. The van der Waals surface area contributed by atoms with Crippen molar-refractivity contribution in [3.05, 3.63) is 29.8 Å². The summed E-state index contributed by atoms with van der Waals surface area (Å²) in [6, 6.07) is 4.79. The highest BCUT2D eigenvalue weighted by Gasteiger charge is 2.30. The molecule has 84 valence electrons. The second-order valence-corrected chi connectivity index (χ2v) is 4.67. The Hall–Kier alpha value is -1.08. The van der Waals surface area contributed by atoms with Crippen molar-refractivity contribution in [1.29, 1.82) is 0 Å². The molecule has 0 spiro atoms. The predicted octanol–water partition coefficient (Wildman–Crippen LogP) is 3.51. The van der Waals surface area contributed by atoms with Crippen LogP contribution in [0.4, 0.5) is 13.2 Å². The van der Waals surface area contributed by atoms with E-state index in [9.17, 15) is 13.2 Å². The van der Waals surface area contributed by atoms with Crippen LogP contribution in [0.25, 0.3) is 10.6 Å². The van der Waals surface area contributed by atoms with Gasteiger partial charge in [-0.15, -0.1) is 22.8 Å². The second kappa shape index (κ2) is 4.06. The summed E-state index contributed by atoms with van der Waals surface area (Å²) in [5, 5.41) is 8.02. The number of alkyl halides is 3. The first-order valence-corrected chi connectivity index (χ1v) is 5.43. The second-order valence-electron chi connectivity index (χ2n) is 2.96. The third kappa shape index (κ3) is 2.35. The number of benzene rings is 1. The number of hydrogen-bond donors (Lipinski definition) is 1. The van der Waals surface area contributed by atoms with E-state index in [0.717, 1.165) is 12.1 Å². The maximum Gasteiger partial charge on any atom is 0.416 e. The topological polar surface area (TPSA) is 25.8 Å². The largest absolute Gasteiger partial charge is 0.416 e. The highest BCUT2D eigenvalue weighted by molar-refractivity contribution is 7.82. The van der Waals surface area contributed by atoms with Gasteiger partial charge in [0.05, 0.1) is 5.56 Å². The molecule has 2 nitrogen and oxygen atoms in total. The zero-order valence-electron chi connectivity index (χ0n) is 7.69. The van der Waals surface area contributed by atoms with Crippen molar-refractivity contribution in [3.63, 3.8) is 0 Å². The Morgan fingerprint density at radius 2 is 1.69 bits per heavy atom. The van der Waals surface area contributed by atoms with Crippen LogP contribution in [0.5, 0.6) is 0 Å². The SMILES string of the molecule is FC(F)(F)c1ccc(-c2nnc(S)s2)cc1. The molecular weight excluding hydrogens is 257 g/mol. The van der Waals surface area contributed by atoms with E-state index in [0.29, 0.717) is 14.9 Å². The molecule has 0 aliphatic carbocycles. The minimum absolute atomic E-state index is 0.481. The molecule has 1 aromatic heterocycles. The summed E-state index contributed by atoms with van der Waals surface area (Å²) in [6.45, 7) is 0. The fraction of sp³-hybridized carbons (Fsp3) is 0.111. The van der Waals surface area contributed by atoms with Gasteiger partial charge in [-0.3, -0.25) is 0 Å². The monoisotopic (exact) mass is 262 g/mol. The maximum atomic E-state index is 12.3. The van der Waals surface area contributed by atoms with E-state index in [-0.39, 0.29) is 0 Å². The van der Waals surface area contributed by atoms with Gasteiger partial charge >= 0.3 is 6.18 Å². The van der Waals surface area contributed by atoms with Gasteiger partial charge in [-0.25, -0.2) is 0 Å². The number of halogens is 3. The molecule has 16 heavy (non-hydrogen) atoms. The Labute approximate surface area is 98.6 Å². The molecule has 1 aromatic carbocycles. The van der Waals surface area contributed by atoms with E-state index in [1.165, 1.54) is 23.5 Å². The molecule has 2 rings (SSSR count). The molecule has 2 aromatic rings. The number of nitrogens with zero attached hydrogens (tertiary/aromatic N) is 2. The fourth-order valence-corrected chi connectivity index (χ4v) is 2.03. The Kier molecular flexibility index (Phi) is 2.90. The lowest BCUT2D eigenvalue weighted by atomic mass is 10.1. The van der Waals surface area contributed by atoms with Gasteiger partial charge in [0.1, 0.15) is 5.01 Å². The Morgan fingerprint density at radius 1 is 1.06 bits per heavy atom. The smallest absolute Gasteiger partial charge is 0.166 e. The third-order valence-electron chi connectivity index (χ3n) is 1.87. The van der Waals surface area contributed by atoms with Gasteiger partial charge in [-0.1, -0.05) is 23.5 Å². The van der Waals surface area contributed by atoms with Crippen LogP contribution in [0.15, 0.2) is 28.6 Å². The lowest BCUT2D eigenvalue weighted by molar-refractivity contribution is -0.137. The summed E-state index contributed by atoms with van der Waals surface area (Å²) < 4.78 is 37.3. The summed E-state index contributed by atoms with van der Waals surface area (Å²) in [5.74, 6) is 0. The van der Waals surface area contributed by atoms with Gasteiger partial charge in [-0.05, 0) is 12.1 Å². The molecule has 0 bridgehead atoms. The van der Waals surface area contributed by atoms with Crippen molar-refractivity contribution in [1.82, 2.24) is 10.2 Å². The minimum Gasteiger partial charge on any atom is -0.166 e.